The molecule has 1 aliphatic rings. The molecule has 0 spiro atoms. The standard InChI is InChI=1S/C12H13NO3S/c13-12(17(14,15)16)8-6-11(7-9-12)10-4-2-1-3-5-10/h1-9,11H,13H2,(H,14,15,16). The normalized spacial score (nSPS) is 28.2. The second kappa shape index (κ2) is 4.10. The number of benzene rings is 1. The van der Waals surface area contributed by atoms with Crippen molar-refractivity contribution in [2.75, 3.05) is 0 Å². The van der Waals surface area contributed by atoms with Gasteiger partial charge in [0.05, 0.1) is 0 Å². The summed E-state index contributed by atoms with van der Waals surface area (Å²) in [5, 5.41) is 0. The first-order chi connectivity index (χ1) is 7.92. The molecular weight excluding hydrogens is 238 g/mol. The molecule has 4 nitrogen and oxygen atoms in total. The molecule has 0 radical (unpaired) electrons. The topological polar surface area (TPSA) is 80.4 Å². The van der Waals surface area contributed by atoms with Crippen molar-refractivity contribution in [3.05, 3.63) is 60.2 Å². The SMILES string of the molecule is NC1(S(=O)(=O)O)C=CC(c2ccccc2)C=C1. The third-order valence-corrected chi connectivity index (χ3v) is 3.93. The van der Waals surface area contributed by atoms with Crippen molar-refractivity contribution < 1.29 is 13.0 Å². The summed E-state index contributed by atoms with van der Waals surface area (Å²) < 4.78 is 31.2. The van der Waals surface area contributed by atoms with Crippen LogP contribution in [0.3, 0.4) is 0 Å². The summed E-state index contributed by atoms with van der Waals surface area (Å²) in [6.07, 6.45) is 5.95. The molecule has 0 heterocycles. The van der Waals surface area contributed by atoms with Gasteiger partial charge in [0.1, 0.15) is 0 Å². The van der Waals surface area contributed by atoms with E-state index in [4.69, 9.17) is 10.3 Å². The third kappa shape index (κ3) is 2.31. The average Bonchev–Trinajstić information content (AvgIpc) is 2.30. The van der Waals surface area contributed by atoms with Gasteiger partial charge in [0.15, 0.2) is 4.87 Å². The van der Waals surface area contributed by atoms with Gasteiger partial charge in [-0.05, 0) is 17.7 Å². The van der Waals surface area contributed by atoms with Crippen molar-refractivity contribution in [3.8, 4) is 0 Å². The van der Waals surface area contributed by atoms with Gasteiger partial charge in [0.2, 0.25) is 0 Å². The van der Waals surface area contributed by atoms with E-state index < -0.39 is 15.0 Å². The fourth-order valence-electron chi connectivity index (χ4n) is 1.70. The Balaban J connectivity index is 2.28. The summed E-state index contributed by atoms with van der Waals surface area (Å²) in [6, 6.07) is 9.60. The Morgan fingerprint density at radius 3 is 2.12 bits per heavy atom. The van der Waals surface area contributed by atoms with Crippen LogP contribution in [0.1, 0.15) is 11.5 Å². The fourth-order valence-corrected chi connectivity index (χ4v) is 2.20. The number of allylic oxidation sites excluding steroid dienone is 2. The summed E-state index contributed by atoms with van der Waals surface area (Å²) in [7, 11) is -4.33. The lowest BCUT2D eigenvalue weighted by atomic mass is 9.93. The molecule has 0 saturated carbocycles. The summed E-state index contributed by atoms with van der Waals surface area (Å²) in [5.74, 6) is -0.0189. The van der Waals surface area contributed by atoms with Crippen LogP contribution in [-0.4, -0.2) is 17.8 Å². The van der Waals surface area contributed by atoms with E-state index in [0.29, 0.717) is 0 Å². The minimum atomic E-state index is -4.33. The molecule has 0 aliphatic heterocycles. The highest BCUT2D eigenvalue weighted by atomic mass is 32.2. The first-order valence-electron chi connectivity index (χ1n) is 5.12. The van der Waals surface area contributed by atoms with E-state index in [-0.39, 0.29) is 5.92 Å². The van der Waals surface area contributed by atoms with Gasteiger partial charge in [-0.25, -0.2) is 0 Å². The van der Waals surface area contributed by atoms with Crippen molar-refractivity contribution >= 4 is 10.1 Å². The van der Waals surface area contributed by atoms with Crippen LogP contribution in [0.25, 0.3) is 0 Å². The Morgan fingerprint density at radius 2 is 1.65 bits per heavy atom. The van der Waals surface area contributed by atoms with Crippen LogP contribution >= 0.6 is 0 Å². The molecule has 5 heteroatoms. The second-order valence-electron chi connectivity index (χ2n) is 3.98. The quantitative estimate of drug-likeness (QED) is 0.615. The van der Waals surface area contributed by atoms with E-state index in [1.165, 1.54) is 12.2 Å². The lowest BCUT2D eigenvalue weighted by molar-refractivity contribution is 0.462. The Hall–Kier alpha value is -1.43. The first-order valence-corrected chi connectivity index (χ1v) is 6.56. The van der Waals surface area contributed by atoms with Gasteiger partial charge in [0, 0.05) is 5.92 Å². The molecule has 0 amide bonds. The minimum Gasteiger partial charge on any atom is -0.304 e. The Labute approximate surface area is 100 Å². The molecule has 1 aliphatic carbocycles. The van der Waals surface area contributed by atoms with Crippen molar-refractivity contribution in [2.24, 2.45) is 5.73 Å². The van der Waals surface area contributed by atoms with Crippen molar-refractivity contribution in [1.82, 2.24) is 0 Å². The average molecular weight is 251 g/mol. The van der Waals surface area contributed by atoms with Crippen LogP contribution < -0.4 is 5.73 Å². The molecular formula is C12H13NO3S. The zero-order chi connectivity index (χ0) is 12.5. The van der Waals surface area contributed by atoms with Gasteiger partial charge in [-0.15, -0.1) is 0 Å². The van der Waals surface area contributed by atoms with E-state index in [1.807, 2.05) is 30.3 Å². The zero-order valence-electron chi connectivity index (χ0n) is 9.02. The molecule has 17 heavy (non-hydrogen) atoms. The third-order valence-electron chi connectivity index (χ3n) is 2.76. The molecule has 3 N–H and O–H groups in total. The molecule has 0 bridgehead atoms. The van der Waals surface area contributed by atoms with Gasteiger partial charge in [-0.1, -0.05) is 42.5 Å². The minimum absolute atomic E-state index is 0.0189. The lowest BCUT2D eigenvalue weighted by Crippen LogP contribution is -2.44. The van der Waals surface area contributed by atoms with Crippen LogP contribution in [0.5, 0.6) is 0 Å². The zero-order valence-corrected chi connectivity index (χ0v) is 9.84. The molecule has 1 aromatic rings. The van der Waals surface area contributed by atoms with Crippen LogP contribution in [0.15, 0.2) is 54.6 Å². The van der Waals surface area contributed by atoms with Crippen LogP contribution in [-0.2, 0) is 10.1 Å². The Kier molecular flexibility index (Phi) is 2.91. The van der Waals surface area contributed by atoms with Crippen LogP contribution in [0.4, 0.5) is 0 Å². The molecule has 0 fully saturated rings. The van der Waals surface area contributed by atoms with Crippen molar-refractivity contribution in [1.29, 1.82) is 0 Å². The Morgan fingerprint density at radius 1 is 1.12 bits per heavy atom. The van der Waals surface area contributed by atoms with E-state index in [9.17, 15) is 8.42 Å². The maximum Gasteiger partial charge on any atom is 0.291 e. The molecule has 0 saturated heterocycles. The van der Waals surface area contributed by atoms with Gasteiger partial charge < -0.3 is 5.73 Å². The molecule has 0 aromatic heterocycles. The summed E-state index contributed by atoms with van der Waals surface area (Å²) in [4.78, 5) is -1.81. The molecule has 2 rings (SSSR count). The van der Waals surface area contributed by atoms with Gasteiger partial charge in [-0.2, -0.15) is 8.42 Å². The Bertz CT molecular complexity index is 547. The highest BCUT2D eigenvalue weighted by Gasteiger charge is 2.35. The fraction of sp³-hybridized carbons (Fsp3) is 0.167. The number of rotatable bonds is 2. The first kappa shape index (κ1) is 12.0. The highest BCUT2D eigenvalue weighted by molar-refractivity contribution is 7.87. The molecule has 0 atom stereocenters. The number of hydrogen-bond acceptors (Lipinski definition) is 3. The number of hydrogen-bond donors (Lipinski definition) is 2. The van der Waals surface area contributed by atoms with E-state index >= 15 is 0 Å². The molecule has 1 aromatic carbocycles. The maximum atomic E-state index is 11.1. The summed E-state index contributed by atoms with van der Waals surface area (Å²) in [5.41, 5.74) is 6.60. The predicted molar refractivity (Wildman–Crippen MR) is 65.9 cm³/mol. The summed E-state index contributed by atoms with van der Waals surface area (Å²) >= 11 is 0. The van der Waals surface area contributed by atoms with Crippen molar-refractivity contribution in [2.45, 2.75) is 10.8 Å². The monoisotopic (exact) mass is 251 g/mol. The van der Waals surface area contributed by atoms with E-state index in [0.717, 1.165) is 5.56 Å². The molecule has 0 unspecified atom stereocenters. The van der Waals surface area contributed by atoms with Gasteiger partial charge >= 0.3 is 0 Å². The van der Waals surface area contributed by atoms with E-state index in [2.05, 4.69) is 0 Å². The van der Waals surface area contributed by atoms with Crippen molar-refractivity contribution in [3.63, 3.8) is 0 Å². The van der Waals surface area contributed by atoms with Crippen LogP contribution in [0, 0.1) is 0 Å². The summed E-state index contributed by atoms with van der Waals surface area (Å²) in [6.45, 7) is 0. The second-order valence-corrected chi connectivity index (χ2v) is 5.64. The predicted octanol–water partition coefficient (Wildman–Crippen LogP) is 1.44. The van der Waals surface area contributed by atoms with Crippen LogP contribution in [0.2, 0.25) is 0 Å². The number of nitrogens with two attached hydrogens (primary N) is 1. The van der Waals surface area contributed by atoms with Gasteiger partial charge in [-0.3, -0.25) is 4.55 Å². The lowest BCUT2D eigenvalue weighted by Gasteiger charge is -2.23. The van der Waals surface area contributed by atoms with E-state index in [1.54, 1.807) is 12.2 Å². The highest BCUT2D eigenvalue weighted by Crippen LogP contribution is 2.27. The largest absolute Gasteiger partial charge is 0.304 e. The van der Waals surface area contributed by atoms with Gasteiger partial charge in [0.25, 0.3) is 10.1 Å². The molecule has 90 valence electrons. The maximum absolute atomic E-state index is 11.1. The smallest absolute Gasteiger partial charge is 0.291 e.